The van der Waals surface area contributed by atoms with Gasteiger partial charge in [0, 0.05) is 43.2 Å². The van der Waals surface area contributed by atoms with E-state index in [1.807, 2.05) is 17.5 Å². The summed E-state index contributed by atoms with van der Waals surface area (Å²) in [5.41, 5.74) is 1.95. The van der Waals surface area contributed by atoms with Gasteiger partial charge < -0.3 is 9.84 Å². The zero-order valence-electron chi connectivity index (χ0n) is 12.5. The molecule has 3 aromatic heterocycles. The third-order valence-corrected chi connectivity index (χ3v) is 3.99. The highest BCUT2D eigenvalue weighted by Gasteiger charge is 2.09. The SMILES string of the molecule is Cc1nc(CC(=O)NCCc2csc(-c3cccnc3)n2)no1. The molecule has 3 rings (SSSR count). The van der Waals surface area contributed by atoms with Crippen LogP contribution in [0.25, 0.3) is 10.6 Å². The maximum atomic E-state index is 11.8. The first-order valence-electron chi connectivity index (χ1n) is 7.11. The molecule has 0 saturated carbocycles. The van der Waals surface area contributed by atoms with Crippen molar-refractivity contribution in [2.24, 2.45) is 0 Å². The summed E-state index contributed by atoms with van der Waals surface area (Å²) in [5, 5.41) is 9.45. The fourth-order valence-electron chi connectivity index (χ4n) is 1.99. The van der Waals surface area contributed by atoms with Crippen molar-refractivity contribution in [3.63, 3.8) is 0 Å². The third-order valence-electron chi connectivity index (χ3n) is 3.05. The van der Waals surface area contributed by atoms with E-state index < -0.39 is 0 Å². The van der Waals surface area contributed by atoms with Gasteiger partial charge >= 0.3 is 0 Å². The number of pyridine rings is 1. The van der Waals surface area contributed by atoms with Crippen LogP contribution in [0.15, 0.2) is 34.4 Å². The van der Waals surface area contributed by atoms with Gasteiger partial charge in [0.05, 0.1) is 12.1 Å². The summed E-state index contributed by atoms with van der Waals surface area (Å²) in [7, 11) is 0. The highest BCUT2D eigenvalue weighted by atomic mass is 32.1. The Hall–Kier alpha value is -2.61. The minimum Gasteiger partial charge on any atom is -0.355 e. The van der Waals surface area contributed by atoms with E-state index in [-0.39, 0.29) is 12.3 Å². The molecule has 8 heteroatoms. The number of rotatable bonds is 6. The second-order valence-corrected chi connectivity index (χ2v) is 5.75. The lowest BCUT2D eigenvalue weighted by atomic mass is 10.3. The van der Waals surface area contributed by atoms with Crippen molar-refractivity contribution >= 4 is 17.2 Å². The second-order valence-electron chi connectivity index (χ2n) is 4.89. The van der Waals surface area contributed by atoms with Crippen LogP contribution in [-0.4, -0.2) is 32.6 Å². The van der Waals surface area contributed by atoms with Crippen molar-refractivity contribution in [1.29, 1.82) is 0 Å². The molecule has 1 amide bonds. The molecule has 0 fully saturated rings. The molecule has 0 unspecified atom stereocenters. The fraction of sp³-hybridized carbons (Fsp3) is 0.267. The van der Waals surface area contributed by atoms with Gasteiger partial charge in [-0.1, -0.05) is 5.16 Å². The van der Waals surface area contributed by atoms with E-state index in [1.165, 1.54) is 0 Å². The standard InChI is InChI=1S/C15H15N5O2S/c1-10-18-13(20-22-10)7-14(21)17-6-4-12-9-23-15(19-12)11-3-2-5-16-8-11/h2-3,5,8-9H,4,6-7H2,1H3,(H,17,21). The highest BCUT2D eigenvalue weighted by molar-refractivity contribution is 7.13. The molecule has 0 spiro atoms. The smallest absolute Gasteiger partial charge is 0.227 e. The number of carbonyl (C=O) groups excluding carboxylic acids is 1. The van der Waals surface area contributed by atoms with E-state index in [4.69, 9.17) is 4.52 Å². The zero-order chi connectivity index (χ0) is 16.1. The lowest BCUT2D eigenvalue weighted by molar-refractivity contribution is -0.120. The Morgan fingerprint density at radius 1 is 1.39 bits per heavy atom. The Morgan fingerprint density at radius 2 is 2.30 bits per heavy atom. The molecule has 23 heavy (non-hydrogen) atoms. The summed E-state index contributed by atoms with van der Waals surface area (Å²) < 4.78 is 4.83. The second kappa shape index (κ2) is 7.10. The number of aromatic nitrogens is 4. The number of nitrogens with zero attached hydrogens (tertiary/aromatic N) is 4. The minimum absolute atomic E-state index is 0.120. The number of aryl methyl sites for hydroxylation is 1. The molecule has 0 aliphatic heterocycles. The van der Waals surface area contributed by atoms with Gasteiger partial charge in [0.25, 0.3) is 0 Å². The Labute approximate surface area is 136 Å². The van der Waals surface area contributed by atoms with Crippen LogP contribution in [-0.2, 0) is 17.6 Å². The van der Waals surface area contributed by atoms with Crippen molar-refractivity contribution < 1.29 is 9.32 Å². The minimum atomic E-state index is -0.131. The van der Waals surface area contributed by atoms with Gasteiger partial charge in [0.2, 0.25) is 11.8 Å². The topological polar surface area (TPSA) is 93.8 Å². The van der Waals surface area contributed by atoms with E-state index >= 15 is 0 Å². The fourth-order valence-corrected chi connectivity index (χ4v) is 2.84. The Bertz CT molecular complexity index is 784. The van der Waals surface area contributed by atoms with Crippen molar-refractivity contribution in [2.75, 3.05) is 6.54 Å². The maximum absolute atomic E-state index is 11.8. The largest absolute Gasteiger partial charge is 0.355 e. The molecule has 1 N–H and O–H groups in total. The van der Waals surface area contributed by atoms with Crippen molar-refractivity contribution in [3.8, 4) is 10.6 Å². The van der Waals surface area contributed by atoms with Crippen LogP contribution in [0.5, 0.6) is 0 Å². The first-order chi connectivity index (χ1) is 11.2. The number of hydrogen-bond donors (Lipinski definition) is 1. The molecule has 0 aliphatic rings. The van der Waals surface area contributed by atoms with Gasteiger partial charge in [-0.3, -0.25) is 9.78 Å². The average molecular weight is 329 g/mol. The summed E-state index contributed by atoms with van der Waals surface area (Å²) in [6, 6.07) is 3.86. The van der Waals surface area contributed by atoms with Crippen LogP contribution in [0.2, 0.25) is 0 Å². The predicted octanol–water partition coefficient (Wildman–Crippen LogP) is 1.80. The van der Waals surface area contributed by atoms with Gasteiger partial charge in [-0.25, -0.2) is 4.98 Å². The van der Waals surface area contributed by atoms with Crippen LogP contribution in [0.1, 0.15) is 17.4 Å². The first-order valence-corrected chi connectivity index (χ1v) is 7.99. The van der Waals surface area contributed by atoms with Gasteiger partial charge in [0.1, 0.15) is 5.01 Å². The van der Waals surface area contributed by atoms with Crippen LogP contribution < -0.4 is 5.32 Å². The van der Waals surface area contributed by atoms with Gasteiger partial charge in [-0.2, -0.15) is 4.98 Å². The van der Waals surface area contributed by atoms with Crippen LogP contribution in [0, 0.1) is 6.92 Å². The molecule has 7 nitrogen and oxygen atoms in total. The van der Waals surface area contributed by atoms with E-state index in [1.54, 1.807) is 30.7 Å². The molecule has 3 heterocycles. The molecule has 0 bridgehead atoms. The Morgan fingerprint density at radius 3 is 3.04 bits per heavy atom. The summed E-state index contributed by atoms with van der Waals surface area (Å²) in [6.45, 7) is 2.21. The van der Waals surface area contributed by atoms with E-state index in [0.717, 1.165) is 16.3 Å². The molecule has 3 aromatic rings. The maximum Gasteiger partial charge on any atom is 0.227 e. The van der Waals surface area contributed by atoms with Crippen molar-refractivity contribution in [2.45, 2.75) is 19.8 Å². The molecule has 0 aromatic carbocycles. The molecular formula is C15H15N5O2S. The average Bonchev–Trinajstić information content (AvgIpc) is 3.17. The number of hydrogen-bond acceptors (Lipinski definition) is 7. The van der Waals surface area contributed by atoms with Crippen LogP contribution >= 0.6 is 11.3 Å². The van der Waals surface area contributed by atoms with E-state index in [0.29, 0.717) is 24.7 Å². The number of nitrogens with one attached hydrogen (secondary N) is 1. The van der Waals surface area contributed by atoms with E-state index in [2.05, 4.69) is 25.4 Å². The number of thiazole rings is 1. The Kier molecular flexibility index (Phi) is 4.72. The molecule has 0 radical (unpaired) electrons. The monoisotopic (exact) mass is 329 g/mol. The summed E-state index contributed by atoms with van der Waals surface area (Å²) >= 11 is 1.57. The summed E-state index contributed by atoms with van der Waals surface area (Å²) in [4.78, 5) is 24.4. The van der Waals surface area contributed by atoms with Crippen LogP contribution in [0.4, 0.5) is 0 Å². The van der Waals surface area contributed by atoms with E-state index in [9.17, 15) is 4.79 Å². The molecule has 0 atom stereocenters. The van der Waals surface area contributed by atoms with Gasteiger partial charge in [-0.05, 0) is 12.1 Å². The lowest BCUT2D eigenvalue weighted by Gasteiger charge is -2.01. The Balaban J connectivity index is 1.47. The number of carbonyl (C=O) groups is 1. The summed E-state index contributed by atoms with van der Waals surface area (Å²) in [5.74, 6) is 0.722. The predicted molar refractivity (Wildman–Crippen MR) is 84.8 cm³/mol. The van der Waals surface area contributed by atoms with Gasteiger partial charge in [-0.15, -0.1) is 11.3 Å². The normalized spacial score (nSPS) is 10.7. The quantitative estimate of drug-likeness (QED) is 0.741. The van der Waals surface area contributed by atoms with Crippen LogP contribution in [0.3, 0.4) is 0 Å². The van der Waals surface area contributed by atoms with Gasteiger partial charge in [0.15, 0.2) is 5.82 Å². The lowest BCUT2D eigenvalue weighted by Crippen LogP contribution is -2.27. The molecule has 118 valence electrons. The molecular weight excluding hydrogens is 314 g/mol. The molecule has 0 saturated heterocycles. The third kappa shape index (κ3) is 4.19. The zero-order valence-corrected chi connectivity index (χ0v) is 13.3. The molecule has 0 aliphatic carbocycles. The van der Waals surface area contributed by atoms with Crippen molar-refractivity contribution in [3.05, 3.63) is 47.3 Å². The summed E-state index contributed by atoms with van der Waals surface area (Å²) in [6.07, 6.45) is 4.32. The number of amides is 1. The van der Waals surface area contributed by atoms with Crippen molar-refractivity contribution in [1.82, 2.24) is 25.4 Å². The first kappa shape index (κ1) is 15.3. The highest BCUT2D eigenvalue weighted by Crippen LogP contribution is 2.22.